The van der Waals surface area contributed by atoms with Crippen molar-refractivity contribution in [3.63, 3.8) is 0 Å². The van der Waals surface area contributed by atoms with E-state index < -0.39 is 22.2 Å². The molecule has 2 aromatic rings. The predicted molar refractivity (Wildman–Crippen MR) is 93.2 cm³/mol. The molecule has 3 heterocycles. The number of hydrogen-bond acceptors (Lipinski definition) is 5. The smallest absolute Gasteiger partial charge is 0.247 e. The van der Waals surface area contributed by atoms with Crippen LogP contribution < -0.4 is 5.32 Å². The molecule has 2 aliphatic heterocycles. The minimum Gasteiger partial charge on any atom is -0.374 e. The fourth-order valence-corrected chi connectivity index (χ4v) is 5.04. The largest absolute Gasteiger partial charge is 0.374 e. The van der Waals surface area contributed by atoms with Gasteiger partial charge in [0.25, 0.3) is 0 Å². The summed E-state index contributed by atoms with van der Waals surface area (Å²) in [4.78, 5) is 12.5. The lowest BCUT2D eigenvalue weighted by atomic mass is 10.0. The number of para-hydroxylation sites is 1. The summed E-state index contributed by atoms with van der Waals surface area (Å²) in [6.45, 7) is 1.08. The van der Waals surface area contributed by atoms with E-state index in [1.807, 2.05) is 30.3 Å². The van der Waals surface area contributed by atoms with E-state index in [0.29, 0.717) is 26.0 Å². The molecule has 2 aliphatic rings. The van der Waals surface area contributed by atoms with Crippen LogP contribution in [0.3, 0.4) is 0 Å². The van der Waals surface area contributed by atoms with Gasteiger partial charge in [-0.2, -0.15) is 9.40 Å². The van der Waals surface area contributed by atoms with Gasteiger partial charge in [-0.3, -0.25) is 4.79 Å². The maximum absolute atomic E-state index is 13.2. The van der Waals surface area contributed by atoms with Crippen LogP contribution in [0.1, 0.15) is 12.8 Å². The number of carbonyl (C=O) groups excluding carboxylic acids is 1. The minimum absolute atomic E-state index is 0.0686. The van der Waals surface area contributed by atoms with Crippen molar-refractivity contribution in [2.24, 2.45) is 0 Å². The second kappa shape index (κ2) is 6.82. The number of fused-ring (bicyclic) bond motifs is 1. The van der Waals surface area contributed by atoms with Crippen LogP contribution in [0.2, 0.25) is 0 Å². The van der Waals surface area contributed by atoms with E-state index in [4.69, 9.17) is 4.74 Å². The van der Waals surface area contributed by atoms with Crippen LogP contribution >= 0.6 is 0 Å². The number of amides is 1. The van der Waals surface area contributed by atoms with Gasteiger partial charge in [0, 0.05) is 13.1 Å². The molecule has 26 heavy (non-hydrogen) atoms. The highest BCUT2D eigenvalue weighted by molar-refractivity contribution is 7.89. The van der Waals surface area contributed by atoms with Crippen molar-refractivity contribution in [1.29, 1.82) is 0 Å². The van der Waals surface area contributed by atoms with E-state index in [1.165, 1.54) is 21.4 Å². The van der Waals surface area contributed by atoms with Crippen LogP contribution in [0.25, 0.3) is 5.69 Å². The van der Waals surface area contributed by atoms with Gasteiger partial charge in [-0.25, -0.2) is 13.1 Å². The molecule has 4 rings (SSSR count). The molecule has 2 saturated heterocycles. The van der Waals surface area contributed by atoms with Gasteiger partial charge >= 0.3 is 0 Å². The molecule has 0 radical (unpaired) electrons. The number of hydrogen-bond donors (Lipinski definition) is 1. The van der Waals surface area contributed by atoms with Crippen molar-refractivity contribution >= 4 is 15.9 Å². The molecule has 1 aromatic carbocycles. The van der Waals surface area contributed by atoms with E-state index in [-0.39, 0.29) is 17.3 Å². The van der Waals surface area contributed by atoms with Gasteiger partial charge in [0.2, 0.25) is 15.9 Å². The molecule has 1 aromatic heterocycles. The number of nitrogens with one attached hydrogen (secondary N) is 1. The van der Waals surface area contributed by atoms with Crippen LogP contribution in [0.5, 0.6) is 0 Å². The molecule has 138 valence electrons. The number of benzene rings is 1. The van der Waals surface area contributed by atoms with Gasteiger partial charge < -0.3 is 10.1 Å². The maximum Gasteiger partial charge on any atom is 0.247 e. The van der Waals surface area contributed by atoms with Crippen LogP contribution in [-0.2, 0) is 19.6 Å². The van der Waals surface area contributed by atoms with Crippen LogP contribution in [0.15, 0.2) is 47.6 Å². The first kappa shape index (κ1) is 17.2. The van der Waals surface area contributed by atoms with Crippen molar-refractivity contribution in [3.8, 4) is 5.69 Å². The molecule has 1 N–H and O–H groups in total. The Morgan fingerprint density at radius 1 is 1.23 bits per heavy atom. The second-order valence-electron chi connectivity index (χ2n) is 6.36. The highest BCUT2D eigenvalue weighted by atomic mass is 32.2. The summed E-state index contributed by atoms with van der Waals surface area (Å²) in [5.74, 6) is -0.300. The van der Waals surface area contributed by atoms with Crippen molar-refractivity contribution in [2.75, 3.05) is 19.7 Å². The first-order valence-electron chi connectivity index (χ1n) is 8.58. The molecule has 9 heteroatoms. The van der Waals surface area contributed by atoms with E-state index in [2.05, 4.69) is 10.4 Å². The highest BCUT2D eigenvalue weighted by Gasteiger charge is 2.45. The monoisotopic (exact) mass is 376 g/mol. The normalized spacial score (nSPS) is 24.5. The molecule has 2 atom stereocenters. The van der Waals surface area contributed by atoms with Gasteiger partial charge in [-0.1, -0.05) is 18.2 Å². The maximum atomic E-state index is 13.2. The molecule has 1 amide bonds. The van der Waals surface area contributed by atoms with E-state index in [9.17, 15) is 13.2 Å². The third-order valence-corrected chi connectivity index (χ3v) is 6.55. The Morgan fingerprint density at radius 2 is 2.04 bits per heavy atom. The van der Waals surface area contributed by atoms with Gasteiger partial charge in [0.15, 0.2) is 0 Å². The summed E-state index contributed by atoms with van der Waals surface area (Å²) in [7, 11) is -3.86. The van der Waals surface area contributed by atoms with Gasteiger partial charge in [-0.05, 0) is 25.0 Å². The first-order valence-corrected chi connectivity index (χ1v) is 10.0. The van der Waals surface area contributed by atoms with Crippen LogP contribution in [0.4, 0.5) is 0 Å². The van der Waals surface area contributed by atoms with Gasteiger partial charge in [0.05, 0.1) is 30.8 Å². The van der Waals surface area contributed by atoms with Crippen molar-refractivity contribution < 1.29 is 17.9 Å². The summed E-state index contributed by atoms with van der Waals surface area (Å²) in [5, 5.41) is 6.91. The minimum atomic E-state index is -3.86. The number of nitrogens with zero attached hydrogens (tertiary/aromatic N) is 3. The van der Waals surface area contributed by atoms with Gasteiger partial charge in [0.1, 0.15) is 10.9 Å². The summed E-state index contributed by atoms with van der Waals surface area (Å²) < 4.78 is 34.8. The van der Waals surface area contributed by atoms with Crippen molar-refractivity contribution in [2.45, 2.75) is 29.9 Å². The molecule has 8 nitrogen and oxygen atoms in total. The molecule has 2 unspecified atom stereocenters. The Morgan fingerprint density at radius 3 is 2.85 bits per heavy atom. The zero-order valence-electron chi connectivity index (χ0n) is 14.1. The lowest BCUT2D eigenvalue weighted by Gasteiger charge is -2.37. The Hall–Kier alpha value is -2.23. The summed E-state index contributed by atoms with van der Waals surface area (Å²) in [5.41, 5.74) is 0.765. The third kappa shape index (κ3) is 3.02. The lowest BCUT2D eigenvalue weighted by molar-refractivity contribution is -0.128. The van der Waals surface area contributed by atoms with Crippen molar-refractivity contribution in [1.82, 2.24) is 19.4 Å². The predicted octanol–water partition coefficient (Wildman–Crippen LogP) is 0.540. The van der Waals surface area contributed by atoms with Gasteiger partial charge in [-0.15, -0.1) is 0 Å². The zero-order valence-corrected chi connectivity index (χ0v) is 14.9. The topological polar surface area (TPSA) is 93.5 Å². The average Bonchev–Trinajstić information content (AvgIpc) is 3.09. The average molecular weight is 376 g/mol. The molecule has 0 aliphatic carbocycles. The molecule has 0 saturated carbocycles. The Labute approximate surface area is 151 Å². The Balaban J connectivity index is 1.67. The SMILES string of the molecule is O=C1NCCOC2CCCN(S(=O)(=O)c3cnn(-c4ccccc4)c3)C12. The molecular formula is C17H20N4O4S. The Bertz CT molecular complexity index is 896. The lowest BCUT2D eigenvalue weighted by Crippen LogP contribution is -2.57. The van der Waals surface area contributed by atoms with Crippen LogP contribution in [-0.4, -0.2) is 60.3 Å². The Kier molecular flexibility index (Phi) is 4.51. The second-order valence-corrected chi connectivity index (χ2v) is 8.25. The van der Waals surface area contributed by atoms with Crippen molar-refractivity contribution in [3.05, 3.63) is 42.7 Å². The molecule has 0 bridgehead atoms. The number of ether oxygens (including phenoxy) is 1. The molecule has 0 spiro atoms. The highest BCUT2D eigenvalue weighted by Crippen LogP contribution is 2.28. The number of sulfonamides is 1. The molecular weight excluding hydrogens is 356 g/mol. The first-order chi connectivity index (χ1) is 12.6. The standard InChI is InChI=1S/C17H20N4O4S/c22-17-16-15(25-10-8-18-17)7-4-9-21(16)26(23,24)14-11-19-20(12-14)13-5-2-1-3-6-13/h1-3,5-6,11-12,15-16H,4,7-10H2,(H,18,22). The zero-order chi connectivity index (χ0) is 18.1. The van der Waals surface area contributed by atoms with Crippen LogP contribution in [0, 0.1) is 0 Å². The number of rotatable bonds is 3. The number of piperidine rings is 1. The van der Waals surface area contributed by atoms with E-state index in [1.54, 1.807) is 0 Å². The number of carbonyl (C=O) groups is 1. The summed E-state index contributed by atoms with van der Waals surface area (Å²) in [6.07, 6.45) is 3.71. The summed E-state index contributed by atoms with van der Waals surface area (Å²) in [6, 6.07) is 8.43. The molecule has 2 fully saturated rings. The van der Waals surface area contributed by atoms with E-state index >= 15 is 0 Å². The third-order valence-electron chi connectivity index (χ3n) is 4.72. The fourth-order valence-electron chi connectivity index (χ4n) is 3.46. The number of aromatic nitrogens is 2. The fraction of sp³-hybridized carbons (Fsp3) is 0.412. The van der Waals surface area contributed by atoms with E-state index in [0.717, 1.165) is 5.69 Å². The quantitative estimate of drug-likeness (QED) is 0.844. The summed E-state index contributed by atoms with van der Waals surface area (Å²) >= 11 is 0.